The molecular formula is C12H17NO2. The van der Waals surface area contributed by atoms with Gasteiger partial charge in [-0.05, 0) is 25.8 Å². The highest BCUT2D eigenvalue weighted by Crippen LogP contribution is 2.29. The molecule has 1 N–H and O–H groups in total. The molecule has 1 saturated carbocycles. The fraction of sp³-hybridized carbons (Fsp3) is 0.583. The lowest BCUT2D eigenvalue weighted by atomic mass is 9.95. The quantitative estimate of drug-likeness (QED) is 0.810. The van der Waals surface area contributed by atoms with E-state index in [-0.39, 0.29) is 0 Å². The number of nitrogens with zero attached hydrogens (tertiary/aromatic N) is 1. The normalized spacial score (nSPS) is 17.9. The first-order valence-corrected chi connectivity index (χ1v) is 5.60. The number of aryl methyl sites for hydroxylation is 1. The average molecular weight is 207 g/mol. The van der Waals surface area contributed by atoms with Crippen molar-refractivity contribution in [3.8, 4) is 0 Å². The van der Waals surface area contributed by atoms with Gasteiger partial charge in [0.1, 0.15) is 0 Å². The Balaban J connectivity index is 2.22. The van der Waals surface area contributed by atoms with Crippen molar-refractivity contribution in [3.63, 3.8) is 0 Å². The fourth-order valence-corrected chi connectivity index (χ4v) is 2.46. The van der Waals surface area contributed by atoms with E-state index in [2.05, 4.69) is 4.57 Å². The molecule has 1 aliphatic carbocycles. The molecule has 1 aromatic heterocycles. The number of rotatable bonds is 2. The van der Waals surface area contributed by atoms with Gasteiger partial charge in [0.2, 0.25) is 0 Å². The summed E-state index contributed by atoms with van der Waals surface area (Å²) in [5, 5.41) is 8.91. The van der Waals surface area contributed by atoms with Gasteiger partial charge in [0, 0.05) is 17.9 Å². The van der Waals surface area contributed by atoms with E-state index in [1.807, 2.05) is 6.92 Å². The highest BCUT2D eigenvalue weighted by molar-refractivity contribution is 5.87. The molecule has 1 fully saturated rings. The molecule has 1 aromatic rings. The van der Waals surface area contributed by atoms with Gasteiger partial charge in [0.05, 0.1) is 5.56 Å². The molecule has 0 saturated heterocycles. The average Bonchev–Trinajstić information content (AvgIpc) is 2.62. The number of aromatic nitrogens is 1. The Labute approximate surface area is 89.7 Å². The molecular weight excluding hydrogens is 190 g/mol. The van der Waals surface area contributed by atoms with Crippen molar-refractivity contribution in [2.45, 2.75) is 45.1 Å². The zero-order valence-corrected chi connectivity index (χ0v) is 9.07. The Bertz CT molecular complexity index is 362. The Hall–Kier alpha value is -1.25. The van der Waals surface area contributed by atoms with Gasteiger partial charge in [-0.1, -0.05) is 19.3 Å². The highest BCUT2D eigenvalue weighted by atomic mass is 16.4. The number of carbonyl (C=O) groups is 1. The third-order valence-corrected chi connectivity index (χ3v) is 3.26. The van der Waals surface area contributed by atoms with Crippen LogP contribution in [-0.4, -0.2) is 15.6 Å². The second kappa shape index (κ2) is 4.09. The van der Waals surface area contributed by atoms with Crippen LogP contribution in [0.15, 0.2) is 12.3 Å². The predicted octanol–water partition coefficient (Wildman–Crippen LogP) is 3.00. The lowest BCUT2D eigenvalue weighted by molar-refractivity contribution is 0.0696. The monoisotopic (exact) mass is 207 g/mol. The summed E-state index contributed by atoms with van der Waals surface area (Å²) in [7, 11) is 0. The third kappa shape index (κ3) is 2.06. The second-order valence-electron chi connectivity index (χ2n) is 4.37. The molecule has 3 nitrogen and oxygen atoms in total. The summed E-state index contributed by atoms with van der Waals surface area (Å²) in [5.74, 6) is -0.826. The van der Waals surface area contributed by atoms with Gasteiger partial charge in [0.15, 0.2) is 0 Å². The minimum atomic E-state index is -0.826. The van der Waals surface area contributed by atoms with Gasteiger partial charge in [-0.3, -0.25) is 0 Å². The summed E-state index contributed by atoms with van der Waals surface area (Å²) in [5.41, 5.74) is 1.48. The fourth-order valence-electron chi connectivity index (χ4n) is 2.46. The van der Waals surface area contributed by atoms with Crippen LogP contribution in [-0.2, 0) is 0 Å². The van der Waals surface area contributed by atoms with Crippen LogP contribution >= 0.6 is 0 Å². The molecule has 0 bridgehead atoms. The van der Waals surface area contributed by atoms with E-state index in [1.165, 1.54) is 32.1 Å². The van der Waals surface area contributed by atoms with Crippen molar-refractivity contribution in [1.29, 1.82) is 0 Å². The molecule has 0 aliphatic heterocycles. The van der Waals surface area contributed by atoms with E-state index in [0.717, 1.165) is 5.69 Å². The zero-order valence-electron chi connectivity index (χ0n) is 9.07. The Morgan fingerprint density at radius 3 is 2.60 bits per heavy atom. The minimum Gasteiger partial charge on any atom is -0.478 e. The largest absolute Gasteiger partial charge is 0.478 e. The molecule has 3 heteroatoms. The summed E-state index contributed by atoms with van der Waals surface area (Å²) in [6.07, 6.45) is 8.02. The zero-order chi connectivity index (χ0) is 10.8. The Morgan fingerprint density at radius 1 is 1.40 bits per heavy atom. The van der Waals surface area contributed by atoms with Crippen molar-refractivity contribution in [3.05, 3.63) is 23.5 Å². The SMILES string of the molecule is Cc1cc(C(=O)O)cn1C1CCCCC1. The molecule has 0 aromatic carbocycles. The van der Waals surface area contributed by atoms with Gasteiger partial charge >= 0.3 is 5.97 Å². The molecule has 1 aliphatic rings. The second-order valence-corrected chi connectivity index (χ2v) is 4.37. The third-order valence-electron chi connectivity index (χ3n) is 3.26. The van der Waals surface area contributed by atoms with Crippen LogP contribution in [0.1, 0.15) is 54.2 Å². The van der Waals surface area contributed by atoms with Gasteiger partial charge in [0.25, 0.3) is 0 Å². The first-order chi connectivity index (χ1) is 7.18. The van der Waals surface area contributed by atoms with E-state index in [0.29, 0.717) is 11.6 Å². The Kier molecular flexibility index (Phi) is 2.80. The van der Waals surface area contributed by atoms with Gasteiger partial charge in [-0.15, -0.1) is 0 Å². The van der Waals surface area contributed by atoms with Gasteiger partial charge in [-0.25, -0.2) is 4.79 Å². The predicted molar refractivity (Wildman–Crippen MR) is 58.3 cm³/mol. The van der Waals surface area contributed by atoms with Crippen molar-refractivity contribution < 1.29 is 9.90 Å². The number of hydrogen-bond donors (Lipinski definition) is 1. The molecule has 0 spiro atoms. The number of carboxylic acids is 1. The summed E-state index contributed by atoms with van der Waals surface area (Å²) in [4.78, 5) is 10.8. The van der Waals surface area contributed by atoms with Crippen LogP contribution in [0.25, 0.3) is 0 Å². The van der Waals surface area contributed by atoms with Crippen LogP contribution in [0.4, 0.5) is 0 Å². The van der Waals surface area contributed by atoms with E-state index in [4.69, 9.17) is 5.11 Å². The van der Waals surface area contributed by atoms with Crippen LogP contribution < -0.4 is 0 Å². The summed E-state index contributed by atoms with van der Waals surface area (Å²) >= 11 is 0. The summed E-state index contributed by atoms with van der Waals surface area (Å²) in [6, 6.07) is 2.28. The van der Waals surface area contributed by atoms with Crippen molar-refractivity contribution in [1.82, 2.24) is 4.57 Å². The minimum absolute atomic E-state index is 0.415. The lowest BCUT2D eigenvalue weighted by Crippen LogP contribution is -2.13. The molecule has 82 valence electrons. The maximum absolute atomic E-state index is 10.8. The van der Waals surface area contributed by atoms with E-state index < -0.39 is 5.97 Å². The van der Waals surface area contributed by atoms with Crippen LogP contribution in [0.3, 0.4) is 0 Å². The molecule has 1 heterocycles. The maximum atomic E-state index is 10.8. The topological polar surface area (TPSA) is 42.2 Å². The molecule has 0 atom stereocenters. The molecule has 2 rings (SSSR count). The summed E-state index contributed by atoms with van der Waals surface area (Å²) in [6.45, 7) is 1.99. The van der Waals surface area contributed by atoms with E-state index in [1.54, 1.807) is 12.3 Å². The van der Waals surface area contributed by atoms with Gasteiger partial charge < -0.3 is 9.67 Å². The van der Waals surface area contributed by atoms with Crippen LogP contribution in [0.2, 0.25) is 0 Å². The first kappa shape index (κ1) is 10.3. The number of carboxylic acid groups (broad SMARTS) is 1. The molecule has 0 radical (unpaired) electrons. The standard InChI is InChI=1S/C12H17NO2/c1-9-7-10(12(14)15)8-13(9)11-5-3-2-4-6-11/h7-8,11H,2-6H2,1H3,(H,14,15). The van der Waals surface area contributed by atoms with Crippen LogP contribution in [0, 0.1) is 6.92 Å². The van der Waals surface area contributed by atoms with Crippen molar-refractivity contribution >= 4 is 5.97 Å². The van der Waals surface area contributed by atoms with Crippen molar-refractivity contribution in [2.75, 3.05) is 0 Å². The van der Waals surface area contributed by atoms with Gasteiger partial charge in [-0.2, -0.15) is 0 Å². The smallest absolute Gasteiger partial charge is 0.337 e. The van der Waals surface area contributed by atoms with Crippen molar-refractivity contribution in [2.24, 2.45) is 0 Å². The Morgan fingerprint density at radius 2 is 2.07 bits per heavy atom. The van der Waals surface area contributed by atoms with Crippen LogP contribution in [0.5, 0.6) is 0 Å². The van der Waals surface area contributed by atoms with E-state index >= 15 is 0 Å². The maximum Gasteiger partial charge on any atom is 0.337 e. The molecule has 0 amide bonds. The highest BCUT2D eigenvalue weighted by Gasteiger charge is 2.18. The molecule has 15 heavy (non-hydrogen) atoms. The number of hydrogen-bond acceptors (Lipinski definition) is 1. The number of aromatic carboxylic acids is 1. The lowest BCUT2D eigenvalue weighted by Gasteiger charge is -2.24. The first-order valence-electron chi connectivity index (χ1n) is 5.60. The molecule has 0 unspecified atom stereocenters. The summed E-state index contributed by atoms with van der Waals surface area (Å²) < 4.78 is 2.14. The van der Waals surface area contributed by atoms with E-state index in [9.17, 15) is 4.79 Å².